The largest absolute Gasteiger partial charge is 0.480 e. The molecule has 0 atom stereocenters. The third kappa shape index (κ3) is 3.62. The third-order valence-corrected chi connectivity index (χ3v) is 3.66. The van der Waals surface area contributed by atoms with Gasteiger partial charge in [0.1, 0.15) is 11.2 Å². The van der Waals surface area contributed by atoms with Crippen molar-refractivity contribution in [3.63, 3.8) is 0 Å². The molecule has 2 rings (SSSR count). The molecule has 0 aliphatic heterocycles. The molecular weight excluding hydrogens is 287 g/mol. The molecule has 0 amide bonds. The van der Waals surface area contributed by atoms with Crippen LogP contribution in [-0.4, -0.2) is 26.6 Å². The first-order valence-electron chi connectivity index (χ1n) is 6.75. The van der Waals surface area contributed by atoms with Crippen LogP contribution in [0.2, 0.25) is 0 Å². The first-order chi connectivity index (χ1) is 9.83. The fourth-order valence-electron chi connectivity index (χ4n) is 2.52. The molecule has 5 nitrogen and oxygen atoms in total. The van der Waals surface area contributed by atoms with Crippen LogP contribution >= 0.6 is 0 Å². The van der Waals surface area contributed by atoms with Gasteiger partial charge in [-0.2, -0.15) is 13.2 Å². The number of aliphatic carboxylic acids is 1. The van der Waals surface area contributed by atoms with Crippen molar-refractivity contribution in [1.29, 1.82) is 0 Å². The number of carboxylic acids is 1. The van der Waals surface area contributed by atoms with Gasteiger partial charge in [-0.25, -0.2) is 14.8 Å². The summed E-state index contributed by atoms with van der Waals surface area (Å²) in [5, 5.41) is 12.1. The number of carboxylic acid groups (broad SMARTS) is 1. The van der Waals surface area contributed by atoms with E-state index < -0.39 is 23.4 Å². The quantitative estimate of drug-likeness (QED) is 0.839. The molecule has 0 aromatic carbocycles. The molecule has 1 aliphatic rings. The number of hydrogen-bond donors (Lipinski definition) is 2. The predicted octanol–water partition coefficient (Wildman–Crippen LogP) is 3.08. The second-order valence-corrected chi connectivity index (χ2v) is 5.19. The van der Waals surface area contributed by atoms with Crippen molar-refractivity contribution in [2.75, 3.05) is 5.32 Å². The zero-order chi connectivity index (χ0) is 15.5. The summed E-state index contributed by atoms with van der Waals surface area (Å²) in [5.41, 5.74) is -2.38. The Hall–Kier alpha value is -1.86. The smallest absolute Gasteiger partial charge is 0.433 e. The van der Waals surface area contributed by atoms with Gasteiger partial charge in [0.25, 0.3) is 0 Å². The number of nitrogens with zero attached hydrogens (tertiary/aromatic N) is 2. The van der Waals surface area contributed by atoms with Crippen molar-refractivity contribution in [2.45, 2.75) is 50.2 Å². The lowest BCUT2D eigenvalue weighted by Crippen LogP contribution is -2.46. The molecule has 1 aromatic heterocycles. The Bertz CT molecular complexity index is 512. The van der Waals surface area contributed by atoms with Crippen molar-refractivity contribution < 1.29 is 23.1 Å². The molecule has 0 bridgehead atoms. The fraction of sp³-hybridized carbons (Fsp3) is 0.615. The molecule has 0 unspecified atom stereocenters. The van der Waals surface area contributed by atoms with Crippen LogP contribution in [-0.2, 0) is 11.0 Å². The molecule has 1 aliphatic carbocycles. The van der Waals surface area contributed by atoms with Gasteiger partial charge in [-0.1, -0.05) is 25.7 Å². The average Bonchev–Trinajstić information content (AvgIpc) is 2.65. The van der Waals surface area contributed by atoms with E-state index in [1.807, 2.05) is 0 Å². The average molecular weight is 303 g/mol. The Balaban J connectivity index is 2.27. The first-order valence-corrected chi connectivity index (χ1v) is 6.75. The molecule has 1 aromatic rings. The van der Waals surface area contributed by atoms with E-state index in [0.29, 0.717) is 25.7 Å². The zero-order valence-electron chi connectivity index (χ0n) is 11.3. The van der Waals surface area contributed by atoms with Crippen molar-refractivity contribution in [2.24, 2.45) is 0 Å². The van der Waals surface area contributed by atoms with Crippen LogP contribution in [0.1, 0.15) is 44.2 Å². The summed E-state index contributed by atoms with van der Waals surface area (Å²) in [6, 6.07) is 0.756. The van der Waals surface area contributed by atoms with Gasteiger partial charge in [-0.05, 0) is 18.9 Å². The summed E-state index contributed by atoms with van der Waals surface area (Å²) in [7, 11) is 0. The highest BCUT2D eigenvalue weighted by atomic mass is 19.4. The van der Waals surface area contributed by atoms with E-state index in [1.54, 1.807) is 0 Å². The zero-order valence-corrected chi connectivity index (χ0v) is 11.3. The summed E-state index contributed by atoms with van der Waals surface area (Å²) in [4.78, 5) is 18.7. The highest BCUT2D eigenvalue weighted by Crippen LogP contribution is 2.32. The second kappa shape index (κ2) is 5.87. The summed E-state index contributed by atoms with van der Waals surface area (Å²) < 4.78 is 37.9. The van der Waals surface area contributed by atoms with Gasteiger partial charge in [0.2, 0.25) is 5.95 Å². The Labute approximate surface area is 119 Å². The SMILES string of the molecule is O=C(O)C1(Nc2nccc(C(F)(F)F)n2)CCCCCC1. The van der Waals surface area contributed by atoms with Crippen LogP contribution in [0.4, 0.5) is 19.1 Å². The van der Waals surface area contributed by atoms with Crippen molar-refractivity contribution in [1.82, 2.24) is 9.97 Å². The number of anilines is 1. The molecule has 1 heterocycles. The monoisotopic (exact) mass is 303 g/mol. The highest BCUT2D eigenvalue weighted by molar-refractivity contribution is 5.82. The normalized spacial score (nSPS) is 18.8. The maximum atomic E-state index is 12.6. The molecular formula is C13H16F3N3O2. The number of rotatable bonds is 3. The Morgan fingerprint density at radius 2 is 1.86 bits per heavy atom. The topological polar surface area (TPSA) is 75.1 Å². The Morgan fingerprint density at radius 3 is 2.38 bits per heavy atom. The number of hydrogen-bond acceptors (Lipinski definition) is 4. The van der Waals surface area contributed by atoms with Gasteiger partial charge in [0.15, 0.2) is 0 Å². The van der Waals surface area contributed by atoms with Gasteiger partial charge in [-0.15, -0.1) is 0 Å². The maximum absolute atomic E-state index is 12.6. The van der Waals surface area contributed by atoms with Crippen molar-refractivity contribution >= 4 is 11.9 Å². The molecule has 0 saturated heterocycles. The molecule has 116 valence electrons. The molecule has 8 heteroatoms. The third-order valence-electron chi connectivity index (χ3n) is 3.66. The summed E-state index contributed by atoms with van der Waals surface area (Å²) in [6.45, 7) is 0. The minimum absolute atomic E-state index is 0.297. The lowest BCUT2D eigenvalue weighted by Gasteiger charge is -2.29. The van der Waals surface area contributed by atoms with E-state index in [4.69, 9.17) is 0 Å². The minimum atomic E-state index is -4.58. The molecule has 1 saturated carbocycles. The molecule has 21 heavy (non-hydrogen) atoms. The lowest BCUT2D eigenvalue weighted by atomic mass is 9.90. The van der Waals surface area contributed by atoms with E-state index in [1.165, 1.54) is 0 Å². The lowest BCUT2D eigenvalue weighted by molar-refractivity contribution is -0.142. The number of carbonyl (C=O) groups is 1. The Kier molecular flexibility index (Phi) is 4.34. The van der Waals surface area contributed by atoms with E-state index >= 15 is 0 Å². The first kappa shape index (κ1) is 15.5. The van der Waals surface area contributed by atoms with E-state index in [-0.39, 0.29) is 5.95 Å². The number of halogens is 3. The number of nitrogens with one attached hydrogen (secondary N) is 1. The van der Waals surface area contributed by atoms with Crippen LogP contribution in [0.25, 0.3) is 0 Å². The fourth-order valence-corrected chi connectivity index (χ4v) is 2.52. The second-order valence-electron chi connectivity index (χ2n) is 5.19. The molecule has 2 N–H and O–H groups in total. The van der Waals surface area contributed by atoms with Gasteiger partial charge < -0.3 is 10.4 Å². The van der Waals surface area contributed by atoms with Gasteiger partial charge >= 0.3 is 12.1 Å². The van der Waals surface area contributed by atoms with Crippen LogP contribution in [0.3, 0.4) is 0 Å². The molecule has 0 radical (unpaired) electrons. The van der Waals surface area contributed by atoms with Gasteiger partial charge in [-0.3, -0.25) is 0 Å². The minimum Gasteiger partial charge on any atom is -0.480 e. The highest BCUT2D eigenvalue weighted by Gasteiger charge is 2.40. The van der Waals surface area contributed by atoms with Crippen LogP contribution < -0.4 is 5.32 Å². The summed E-state index contributed by atoms with van der Waals surface area (Å²) >= 11 is 0. The number of aromatic nitrogens is 2. The molecule has 0 spiro atoms. The van der Waals surface area contributed by atoms with Crippen LogP contribution in [0.15, 0.2) is 12.3 Å². The van der Waals surface area contributed by atoms with E-state index in [2.05, 4.69) is 15.3 Å². The van der Waals surface area contributed by atoms with Gasteiger partial charge in [0, 0.05) is 6.20 Å². The van der Waals surface area contributed by atoms with Crippen molar-refractivity contribution in [3.05, 3.63) is 18.0 Å². The van der Waals surface area contributed by atoms with Crippen LogP contribution in [0.5, 0.6) is 0 Å². The predicted molar refractivity (Wildman–Crippen MR) is 68.7 cm³/mol. The summed E-state index contributed by atoms with van der Waals surface area (Å²) in [6.07, 6.45) is 0.338. The summed E-state index contributed by atoms with van der Waals surface area (Å²) in [5.74, 6) is -1.38. The standard InChI is InChI=1S/C13H16F3N3O2/c14-13(15,16)9-5-8-17-11(18-9)19-12(10(20)21)6-3-1-2-4-7-12/h5,8H,1-4,6-7H2,(H,20,21)(H,17,18,19). The van der Waals surface area contributed by atoms with E-state index in [0.717, 1.165) is 25.1 Å². The number of alkyl halides is 3. The van der Waals surface area contributed by atoms with Crippen molar-refractivity contribution in [3.8, 4) is 0 Å². The Morgan fingerprint density at radius 1 is 1.24 bits per heavy atom. The van der Waals surface area contributed by atoms with Gasteiger partial charge in [0.05, 0.1) is 0 Å². The van der Waals surface area contributed by atoms with E-state index in [9.17, 15) is 23.1 Å². The molecule has 1 fully saturated rings. The maximum Gasteiger partial charge on any atom is 0.433 e. The van der Waals surface area contributed by atoms with Crippen LogP contribution in [0, 0.1) is 0 Å².